The average Bonchev–Trinajstić information content (AvgIpc) is 2.42. The van der Waals surface area contributed by atoms with Crippen LogP contribution in [-0.4, -0.2) is 6.04 Å². The van der Waals surface area contributed by atoms with E-state index in [-0.39, 0.29) is 11.9 Å². The number of nitrogens with two attached hydrogens (primary N) is 1. The van der Waals surface area contributed by atoms with Crippen LogP contribution in [0, 0.1) is 11.7 Å². The normalized spacial score (nSPS) is 18.5. The fraction of sp³-hybridized carbons (Fsp3) is 0.600. The fourth-order valence-electron chi connectivity index (χ4n) is 2.99. The molecular weight excluding hydrogens is 263 g/mol. The minimum absolute atomic E-state index is 0.138. The minimum atomic E-state index is -0.239. The summed E-state index contributed by atoms with van der Waals surface area (Å²) < 4.78 is 13.8. The quantitative estimate of drug-likeness (QED) is 0.637. The van der Waals surface area contributed by atoms with Gasteiger partial charge < -0.3 is 0 Å². The number of nitrogens with one attached hydrogen (secondary N) is 1. The SMILES string of the molecule is NNC(Cc1ccc(Cl)cc1F)CC1CCCCC1. The van der Waals surface area contributed by atoms with Crippen molar-refractivity contribution in [2.75, 3.05) is 0 Å². The van der Waals surface area contributed by atoms with Crippen molar-refractivity contribution in [3.63, 3.8) is 0 Å². The molecule has 3 N–H and O–H groups in total. The van der Waals surface area contributed by atoms with Gasteiger partial charge >= 0.3 is 0 Å². The predicted molar refractivity (Wildman–Crippen MR) is 77.4 cm³/mol. The largest absolute Gasteiger partial charge is 0.271 e. The smallest absolute Gasteiger partial charge is 0.127 e. The van der Waals surface area contributed by atoms with Gasteiger partial charge in [0.2, 0.25) is 0 Å². The van der Waals surface area contributed by atoms with Crippen LogP contribution in [0.5, 0.6) is 0 Å². The van der Waals surface area contributed by atoms with E-state index in [4.69, 9.17) is 17.4 Å². The third-order valence-corrected chi connectivity index (χ3v) is 4.29. The fourth-order valence-corrected chi connectivity index (χ4v) is 3.15. The molecule has 1 saturated carbocycles. The van der Waals surface area contributed by atoms with Crippen LogP contribution in [0.1, 0.15) is 44.1 Å². The number of hydrogen-bond acceptors (Lipinski definition) is 2. The lowest BCUT2D eigenvalue weighted by Gasteiger charge is -2.26. The molecule has 1 aromatic carbocycles. The molecule has 0 bridgehead atoms. The van der Waals surface area contributed by atoms with Gasteiger partial charge in [-0.05, 0) is 36.5 Å². The molecule has 4 heteroatoms. The van der Waals surface area contributed by atoms with Gasteiger partial charge in [0.15, 0.2) is 0 Å². The number of rotatable bonds is 5. The summed E-state index contributed by atoms with van der Waals surface area (Å²) in [4.78, 5) is 0. The Hall–Kier alpha value is -0.640. The van der Waals surface area contributed by atoms with E-state index in [2.05, 4.69) is 5.43 Å². The van der Waals surface area contributed by atoms with Crippen molar-refractivity contribution in [2.24, 2.45) is 11.8 Å². The Morgan fingerprint density at radius 2 is 2.05 bits per heavy atom. The van der Waals surface area contributed by atoms with Crippen molar-refractivity contribution in [1.82, 2.24) is 5.43 Å². The van der Waals surface area contributed by atoms with Gasteiger partial charge in [-0.25, -0.2) is 4.39 Å². The highest BCUT2D eigenvalue weighted by Crippen LogP contribution is 2.28. The first-order chi connectivity index (χ1) is 9.19. The lowest BCUT2D eigenvalue weighted by atomic mass is 9.84. The summed E-state index contributed by atoms with van der Waals surface area (Å²) in [6, 6.07) is 4.99. The van der Waals surface area contributed by atoms with Crippen LogP contribution in [0.25, 0.3) is 0 Å². The monoisotopic (exact) mass is 284 g/mol. The van der Waals surface area contributed by atoms with Crippen LogP contribution >= 0.6 is 11.6 Å². The number of benzene rings is 1. The van der Waals surface area contributed by atoms with Gasteiger partial charge in [0.1, 0.15) is 5.82 Å². The molecule has 0 aromatic heterocycles. The van der Waals surface area contributed by atoms with Crippen molar-refractivity contribution in [1.29, 1.82) is 0 Å². The maximum absolute atomic E-state index is 13.8. The van der Waals surface area contributed by atoms with Crippen molar-refractivity contribution in [2.45, 2.75) is 51.0 Å². The van der Waals surface area contributed by atoms with Crippen LogP contribution in [-0.2, 0) is 6.42 Å². The molecule has 1 unspecified atom stereocenters. The Morgan fingerprint density at radius 1 is 1.32 bits per heavy atom. The zero-order valence-electron chi connectivity index (χ0n) is 11.2. The van der Waals surface area contributed by atoms with Gasteiger partial charge in [0.05, 0.1) is 0 Å². The second-order valence-corrected chi connectivity index (χ2v) is 5.98. The summed E-state index contributed by atoms with van der Waals surface area (Å²) in [6.45, 7) is 0. The Bertz CT molecular complexity index is 405. The van der Waals surface area contributed by atoms with E-state index in [1.165, 1.54) is 38.2 Å². The first-order valence-corrected chi connectivity index (χ1v) is 7.47. The summed E-state index contributed by atoms with van der Waals surface area (Å²) in [6.07, 6.45) is 8.19. The number of hydrogen-bond donors (Lipinski definition) is 2. The second-order valence-electron chi connectivity index (χ2n) is 5.54. The molecule has 0 aliphatic heterocycles. The zero-order valence-corrected chi connectivity index (χ0v) is 11.9. The van der Waals surface area contributed by atoms with Gasteiger partial charge in [-0.3, -0.25) is 11.3 Å². The van der Waals surface area contributed by atoms with Gasteiger partial charge in [-0.1, -0.05) is 49.8 Å². The van der Waals surface area contributed by atoms with E-state index < -0.39 is 0 Å². The van der Waals surface area contributed by atoms with E-state index in [9.17, 15) is 4.39 Å². The summed E-state index contributed by atoms with van der Waals surface area (Å²) in [5, 5.41) is 0.436. The first kappa shape index (κ1) is 14.8. The van der Waals surface area contributed by atoms with Crippen LogP contribution < -0.4 is 11.3 Å². The molecule has 19 heavy (non-hydrogen) atoms. The molecule has 0 amide bonds. The van der Waals surface area contributed by atoms with Gasteiger partial charge in [-0.15, -0.1) is 0 Å². The summed E-state index contributed by atoms with van der Waals surface area (Å²) in [5.41, 5.74) is 3.52. The average molecular weight is 285 g/mol. The molecule has 0 radical (unpaired) electrons. The van der Waals surface area contributed by atoms with Crippen molar-refractivity contribution in [3.05, 3.63) is 34.6 Å². The Balaban J connectivity index is 1.94. The van der Waals surface area contributed by atoms with E-state index in [0.29, 0.717) is 17.0 Å². The van der Waals surface area contributed by atoms with Gasteiger partial charge in [0.25, 0.3) is 0 Å². The Labute approximate surface area is 119 Å². The van der Waals surface area contributed by atoms with Crippen LogP contribution in [0.4, 0.5) is 4.39 Å². The molecule has 1 atom stereocenters. The highest BCUT2D eigenvalue weighted by molar-refractivity contribution is 6.30. The van der Waals surface area contributed by atoms with Crippen molar-refractivity contribution >= 4 is 11.6 Å². The molecular formula is C15H22ClFN2. The van der Waals surface area contributed by atoms with Crippen molar-refractivity contribution < 1.29 is 4.39 Å². The summed E-state index contributed by atoms with van der Waals surface area (Å²) in [5.74, 6) is 6.11. The highest BCUT2D eigenvalue weighted by atomic mass is 35.5. The summed E-state index contributed by atoms with van der Waals surface area (Å²) in [7, 11) is 0. The van der Waals surface area contributed by atoms with Gasteiger partial charge in [-0.2, -0.15) is 0 Å². The van der Waals surface area contributed by atoms with E-state index in [1.54, 1.807) is 12.1 Å². The Morgan fingerprint density at radius 3 is 2.68 bits per heavy atom. The van der Waals surface area contributed by atoms with Crippen LogP contribution in [0.3, 0.4) is 0 Å². The lowest BCUT2D eigenvalue weighted by molar-refractivity contribution is 0.297. The zero-order chi connectivity index (χ0) is 13.7. The molecule has 1 fully saturated rings. The molecule has 1 aromatic rings. The topological polar surface area (TPSA) is 38.0 Å². The van der Waals surface area contributed by atoms with Crippen LogP contribution in [0.2, 0.25) is 5.02 Å². The minimum Gasteiger partial charge on any atom is -0.271 e. The predicted octanol–water partition coefficient (Wildman–Crippen LogP) is 3.82. The van der Waals surface area contributed by atoms with E-state index >= 15 is 0 Å². The molecule has 2 rings (SSSR count). The molecule has 0 saturated heterocycles. The molecule has 1 aliphatic carbocycles. The first-order valence-electron chi connectivity index (χ1n) is 7.09. The standard InChI is InChI=1S/C15H22ClFN2/c16-13-7-6-12(15(17)10-13)9-14(19-18)8-11-4-2-1-3-5-11/h6-7,10-11,14,19H,1-5,8-9,18H2. The third-order valence-electron chi connectivity index (χ3n) is 4.06. The summed E-state index contributed by atoms with van der Waals surface area (Å²) >= 11 is 5.76. The highest BCUT2D eigenvalue weighted by Gasteiger charge is 2.19. The maximum atomic E-state index is 13.8. The Kier molecular flexibility index (Phi) is 5.61. The molecule has 0 spiro atoms. The molecule has 2 nitrogen and oxygen atoms in total. The van der Waals surface area contributed by atoms with Crippen molar-refractivity contribution in [3.8, 4) is 0 Å². The molecule has 1 aliphatic rings. The van der Waals surface area contributed by atoms with Crippen LogP contribution in [0.15, 0.2) is 18.2 Å². The second kappa shape index (κ2) is 7.22. The van der Waals surface area contributed by atoms with E-state index in [1.807, 2.05) is 0 Å². The number of halogens is 2. The number of hydrazine groups is 1. The van der Waals surface area contributed by atoms with E-state index in [0.717, 1.165) is 12.3 Å². The third kappa shape index (κ3) is 4.44. The molecule has 0 heterocycles. The molecule has 106 valence electrons. The lowest BCUT2D eigenvalue weighted by Crippen LogP contribution is -2.38. The van der Waals surface area contributed by atoms with Gasteiger partial charge in [0, 0.05) is 11.1 Å². The maximum Gasteiger partial charge on any atom is 0.127 e.